The van der Waals surface area contributed by atoms with Crippen LogP contribution in [0.5, 0.6) is 0 Å². The summed E-state index contributed by atoms with van der Waals surface area (Å²) in [6, 6.07) is 3.82. The SMILES string of the molecule is O=C(O)c1cccc([N+](=O)[O-])c1NC1CCCC1CO. The van der Waals surface area contributed by atoms with Gasteiger partial charge >= 0.3 is 5.97 Å². The number of nitrogens with zero attached hydrogens (tertiary/aromatic N) is 1. The topological polar surface area (TPSA) is 113 Å². The summed E-state index contributed by atoms with van der Waals surface area (Å²) >= 11 is 0. The van der Waals surface area contributed by atoms with E-state index in [0.29, 0.717) is 0 Å². The Morgan fingerprint density at radius 1 is 1.45 bits per heavy atom. The summed E-state index contributed by atoms with van der Waals surface area (Å²) in [6.45, 7) is -0.0132. The number of para-hydroxylation sites is 1. The first-order valence-corrected chi connectivity index (χ1v) is 6.42. The molecule has 7 heteroatoms. The maximum atomic E-state index is 11.2. The molecule has 1 saturated carbocycles. The van der Waals surface area contributed by atoms with Crippen LogP contribution in [0.3, 0.4) is 0 Å². The van der Waals surface area contributed by atoms with Crippen LogP contribution in [-0.2, 0) is 0 Å². The maximum absolute atomic E-state index is 11.2. The van der Waals surface area contributed by atoms with Crippen molar-refractivity contribution in [1.82, 2.24) is 0 Å². The number of anilines is 1. The smallest absolute Gasteiger partial charge is 0.338 e. The quantitative estimate of drug-likeness (QED) is 0.560. The predicted molar refractivity (Wildman–Crippen MR) is 71.9 cm³/mol. The number of nitrogens with one attached hydrogen (secondary N) is 1. The zero-order chi connectivity index (χ0) is 14.7. The van der Waals surface area contributed by atoms with Crippen molar-refractivity contribution in [3.05, 3.63) is 33.9 Å². The zero-order valence-electron chi connectivity index (χ0n) is 10.8. The second-order valence-electron chi connectivity index (χ2n) is 4.89. The summed E-state index contributed by atoms with van der Waals surface area (Å²) in [7, 11) is 0. The number of carboxylic acid groups (broad SMARTS) is 1. The Morgan fingerprint density at radius 2 is 2.20 bits per heavy atom. The van der Waals surface area contributed by atoms with Crippen LogP contribution in [0, 0.1) is 16.0 Å². The van der Waals surface area contributed by atoms with Crippen molar-refractivity contribution in [2.24, 2.45) is 5.92 Å². The molecule has 0 spiro atoms. The Bertz CT molecular complexity index is 499. The normalized spacial score (nSPS) is 21.6. The number of carbonyl (C=O) groups is 1. The van der Waals surface area contributed by atoms with Gasteiger partial charge in [-0.15, -0.1) is 0 Å². The molecule has 2 atom stereocenters. The van der Waals surface area contributed by atoms with Gasteiger partial charge in [0.2, 0.25) is 0 Å². The molecule has 0 bridgehead atoms. The largest absolute Gasteiger partial charge is 0.478 e. The number of hydrogen-bond acceptors (Lipinski definition) is 5. The van der Waals surface area contributed by atoms with Gasteiger partial charge in [-0.1, -0.05) is 12.5 Å². The molecule has 1 fully saturated rings. The van der Waals surface area contributed by atoms with Gasteiger partial charge in [0, 0.05) is 24.6 Å². The minimum absolute atomic E-state index is 0.00328. The lowest BCUT2D eigenvalue weighted by atomic mass is 10.0. The van der Waals surface area contributed by atoms with Gasteiger partial charge < -0.3 is 15.5 Å². The predicted octanol–water partition coefficient (Wildman–Crippen LogP) is 1.87. The minimum Gasteiger partial charge on any atom is -0.478 e. The first-order chi connectivity index (χ1) is 9.54. The van der Waals surface area contributed by atoms with Crippen LogP contribution in [0.25, 0.3) is 0 Å². The van der Waals surface area contributed by atoms with E-state index < -0.39 is 10.9 Å². The van der Waals surface area contributed by atoms with Crippen LogP contribution < -0.4 is 5.32 Å². The first kappa shape index (κ1) is 14.3. The summed E-state index contributed by atoms with van der Waals surface area (Å²) in [5.41, 5.74) is -0.355. The summed E-state index contributed by atoms with van der Waals surface area (Å²) in [5, 5.41) is 32.4. The summed E-state index contributed by atoms with van der Waals surface area (Å²) in [6.07, 6.45) is 2.50. The standard InChI is InChI=1S/C13H16N2O5/c16-7-8-3-1-5-10(8)14-12-9(13(17)18)4-2-6-11(12)15(19)20/h2,4,6,8,10,14,16H,1,3,5,7H2,(H,17,18). The number of nitro benzene ring substituents is 1. The van der Waals surface area contributed by atoms with Crippen LogP contribution in [-0.4, -0.2) is 33.8 Å². The fourth-order valence-corrected chi connectivity index (χ4v) is 2.65. The molecule has 0 aromatic heterocycles. The molecule has 3 N–H and O–H groups in total. The molecule has 0 amide bonds. The minimum atomic E-state index is -1.21. The van der Waals surface area contributed by atoms with E-state index in [1.54, 1.807) is 0 Å². The average molecular weight is 280 g/mol. The van der Waals surface area contributed by atoms with Gasteiger partial charge in [0.05, 0.1) is 10.5 Å². The lowest BCUT2D eigenvalue weighted by molar-refractivity contribution is -0.384. The fourth-order valence-electron chi connectivity index (χ4n) is 2.65. The van der Waals surface area contributed by atoms with Crippen molar-refractivity contribution in [3.63, 3.8) is 0 Å². The summed E-state index contributed by atoms with van der Waals surface area (Å²) < 4.78 is 0. The van der Waals surface area contributed by atoms with Gasteiger partial charge in [0.15, 0.2) is 0 Å². The number of aliphatic hydroxyl groups is 1. The molecular formula is C13H16N2O5. The zero-order valence-corrected chi connectivity index (χ0v) is 10.8. The lowest BCUT2D eigenvalue weighted by Crippen LogP contribution is -2.27. The van der Waals surface area contributed by atoms with Crippen molar-refractivity contribution in [2.45, 2.75) is 25.3 Å². The molecule has 1 aliphatic rings. The Hall–Kier alpha value is -2.15. The van der Waals surface area contributed by atoms with E-state index in [4.69, 9.17) is 5.11 Å². The highest BCUT2D eigenvalue weighted by atomic mass is 16.6. The molecule has 108 valence electrons. The number of hydrogen-bond donors (Lipinski definition) is 3. The van der Waals surface area contributed by atoms with Gasteiger partial charge in [0.1, 0.15) is 5.69 Å². The van der Waals surface area contributed by atoms with Crippen molar-refractivity contribution >= 4 is 17.3 Å². The van der Waals surface area contributed by atoms with E-state index in [-0.39, 0.29) is 35.5 Å². The Morgan fingerprint density at radius 3 is 2.80 bits per heavy atom. The molecule has 0 aliphatic heterocycles. The van der Waals surface area contributed by atoms with Gasteiger partial charge in [-0.2, -0.15) is 0 Å². The monoisotopic (exact) mass is 280 g/mol. The number of carboxylic acids is 1. The number of rotatable bonds is 5. The number of nitro groups is 1. The van der Waals surface area contributed by atoms with Gasteiger partial charge in [-0.3, -0.25) is 10.1 Å². The van der Waals surface area contributed by atoms with Gasteiger partial charge in [-0.05, 0) is 18.9 Å². The molecule has 1 aromatic rings. The number of aromatic carboxylic acids is 1. The molecule has 7 nitrogen and oxygen atoms in total. The maximum Gasteiger partial charge on any atom is 0.338 e. The van der Waals surface area contributed by atoms with Gasteiger partial charge in [0.25, 0.3) is 5.69 Å². The van der Waals surface area contributed by atoms with E-state index in [1.807, 2.05) is 0 Å². The van der Waals surface area contributed by atoms with Crippen molar-refractivity contribution in [2.75, 3.05) is 11.9 Å². The van der Waals surface area contributed by atoms with Gasteiger partial charge in [-0.25, -0.2) is 4.79 Å². The lowest BCUT2D eigenvalue weighted by Gasteiger charge is -2.21. The van der Waals surface area contributed by atoms with Crippen LogP contribution >= 0.6 is 0 Å². The van der Waals surface area contributed by atoms with E-state index in [9.17, 15) is 20.0 Å². The Balaban J connectivity index is 2.37. The Kier molecular flexibility index (Phi) is 4.19. The molecule has 1 aliphatic carbocycles. The third kappa shape index (κ3) is 2.72. The van der Waals surface area contributed by atoms with E-state index in [0.717, 1.165) is 19.3 Å². The number of benzene rings is 1. The third-order valence-electron chi connectivity index (χ3n) is 3.69. The fraction of sp³-hybridized carbons (Fsp3) is 0.462. The van der Waals surface area contributed by atoms with E-state index >= 15 is 0 Å². The molecule has 0 saturated heterocycles. The molecule has 2 rings (SSSR count). The second kappa shape index (κ2) is 5.87. The number of aliphatic hydroxyl groups excluding tert-OH is 1. The summed E-state index contributed by atoms with van der Waals surface area (Å²) in [5.74, 6) is -1.22. The first-order valence-electron chi connectivity index (χ1n) is 6.42. The molecule has 0 heterocycles. The van der Waals surface area contributed by atoms with Crippen LogP contribution in [0.4, 0.5) is 11.4 Å². The third-order valence-corrected chi connectivity index (χ3v) is 3.69. The molecule has 0 radical (unpaired) electrons. The molecule has 20 heavy (non-hydrogen) atoms. The summed E-state index contributed by atoms with van der Waals surface area (Å²) in [4.78, 5) is 21.7. The van der Waals surface area contributed by atoms with Crippen LogP contribution in [0.15, 0.2) is 18.2 Å². The van der Waals surface area contributed by atoms with Crippen molar-refractivity contribution in [3.8, 4) is 0 Å². The highest BCUT2D eigenvalue weighted by Crippen LogP contribution is 2.34. The molecule has 2 unspecified atom stereocenters. The second-order valence-corrected chi connectivity index (χ2v) is 4.89. The molecular weight excluding hydrogens is 264 g/mol. The molecule has 1 aromatic carbocycles. The van der Waals surface area contributed by atoms with E-state index in [1.165, 1.54) is 18.2 Å². The van der Waals surface area contributed by atoms with Crippen LogP contribution in [0.1, 0.15) is 29.6 Å². The highest BCUT2D eigenvalue weighted by Gasteiger charge is 2.30. The van der Waals surface area contributed by atoms with E-state index in [2.05, 4.69) is 5.32 Å². The van der Waals surface area contributed by atoms with Crippen molar-refractivity contribution in [1.29, 1.82) is 0 Å². The average Bonchev–Trinajstić information content (AvgIpc) is 2.85. The van der Waals surface area contributed by atoms with Crippen LogP contribution in [0.2, 0.25) is 0 Å². The Labute approximate surface area is 115 Å². The van der Waals surface area contributed by atoms with Crippen molar-refractivity contribution < 1.29 is 19.9 Å². The highest BCUT2D eigenvalue weighted by molar-refractivity contribution is 5.96.